The normalized spacial score (nSPS) is 23.4. The maximum atomic E-state index is 12.2. The molecule has 1 saturated carbocycles. The van der Waals surface area contributed by atoms with Crippen molar-refractivity contribution in [1.29, 1.82) is 0 Å². The van der Waals surface area contributed by atoms with Gasteiger partial charge in [-0.1, -0.05) is 48.2 Å². The number of hydrogen-bond acceptors (Lipinski definition) is 4. The Bertz CT molecular complexity index is 863. The summed E-state index contributed by atoms with van der Waals surface area (Å²) in [6.07, 6.45) is 0.902. The van der Waals surface area contributed by atoms with Crippen LogP contribution in [0.1, 0.15) is 36.3 Å². The van der Waals surface area contributed by atoms with Crippen molar-refractivity contribution in [1.82, 2.24) is 0 Å². The highest BCUT2D eigenvalue weighted by Crippen LogP contribution is 2.51. The average Bonchev–Trinajstić information content (AvgIpc) is 2.59. The molecule has 1 aliphatic heterocycles. The molecule has 4 rings (SSSR count). The molecule has 1 fully saturated rings. The van der Waals surface area contributed by atoms with E-state index in [0.29, 0.717) is 12.8 Å². The molecule has 1 aliphatic carbocycles. The first-order chi connectivity index (χ1) is 12.9. The Hall–Kier alpha value is -2.31. The Morgan fingerprint density at radius 2 is 1.52 bits per heavy atom. The van der Waals surface area contributed by atoms with Crippen molar-refractivity contribution in [2.45, 2.75) is 40.5 Å². The lowest BCUT2D eigenvalue weighted by molar-refractivity contribution is -0.156. The van der Waals surface area contributed by atoms with E-state index in [1.165, 1.54) is 0 Å². The van der Waals surface area contributed by atoms with Crippen molar-refractivity contribution >= 4 is 23.7 Å². The number of aliphatic carboxylic acids is 2. The van der Waals surface area contributed by atoms with E-state index in [4.69, 9.17) is 10.8 Å². The monoisotopic (exact) mass is 383 g/mol. The highest BCUT2D eigenvalue weighted by molar-refractivity contribution is 7.99. The van der Waals surface area contributed by atoms with Gasteiger partial charge < -0.3 is 15.9 Å². The minimum atomic E-state index is -1.45. The molecule has 2 aliphatic rings. The van der Waals surface area contributed by atoms with Gasteiger partial charge in [0.2, 0.25) is 0 Å². The second kappa shape index (κ2) is 6.69. The number of benzene rings is 2. The number of rotatable bonds is 5. The fraction of sp³-hybridized carbons (Fsp3) is 0.333. The van der Waals surface area contributed by atoms with Crippen molar-refractivity contribution in [3.63, 3.8) is 0 Å². The van der Waals surface area contributed by atoms with Crippen LogP contribution >= 0.6 is 11.8 Å². The second-order valence-electron chi connectivity index (χ2n) is 7.48. The molecule has 0 amide bonds. The first-order valence-corrected chi connectivity index (χ1v) is 9.82. The third-order valence-corrected chi connectivity index (χ3v) is 7.15. The van der Waals surface area contributed by atoms with Crippen LogP contribution < -0.4 is 5.73 Å². The molecule has 5 nitrogen and oxygen atoms in total. The molecule has 6 heteroatoms. The fourth-order valence-corrected chi connectivity index (χ4v) is 5.42. The molecule has 0 bridgehead atoms. The van der Waals surface area contributed by atoms with Crippen LogP contribution in [0.2, 0.25) is 0 Å². The molecule has 4 N–H and O–H groups in total. The summed E-state index contributed by atoms with van der Waals surface area (Å²) in [6, 6.07) is 16.0. The summed E-state index contributed by atoms with van der Waals surface area (Å²) in [5.74, 6) is -2.86. The molecule has 140 valence electrons. The van der Waals surface area contributed by atoms with Gasteiger partial charge in [0.15, 0.2) is 0 Å². The van der Waals surface area contributed by atoms with Crippen LogP contribution in [0.3, 0.4) is 0 Å². The number of fused-ring (bicyclic) bond motifs is 2. The van der Waals surface area contributed by atoms with Gasteiger partial charge in [-0.15, -0.1) is 0 Å². The molecular weight excluding hydrogens is 362 g/mol. The lowest BCUT2D eigenvalue weighted by atomic mass is 9.62. The van der Waals surface area contributed by atoms with Gasteiger partial charge in [0.1, 0.15) is 5.54 Å². The predicted molar refractivity (Wildman–Crippen MR) is 102 cm³/mol. The maximum absolute atomic E-state index is 12.2. The van der Waals surface area contributed by atoms with Gasteiger partial charge in [0.05, 0.1) is 5.92 Å². The van der Waals surface area contributed by atoms with Crippen molar-refractivity contribution in [2.24, 2.45) is 17.6 Å². The van der Waals surface area contributed by atoms with Gasteiger partial charge in [0, 0.05) is 15.7 Å². The van der Waals surface area contributed by atoms with Crippen LogP contribution in [0.15, 0.2) is 58.3 Å². The Balaban J connectivity index is 1.70. The van der Waals surface area contributed by atoms with Crippen LogP contribution in [-0.4, -0.2) is 27.7 Å². The third-order valence-electron chi connectivity index (χ3n) is 5.96. The molecule has 0 radical (unpaired) electrons. The van der Waals surface area contributed by atoms with E-state index in [9.17, 15) is 14.7 Å². The molecule has 1 atom stereocenters. The van der Waals surface area contributed by atoms with Crippen LogP contribution in [0.4, 0.5) is 0 Å². The summed E-state index contributed by atoms with van der Waals surface area (Å²) >= 11 is 1.69. The van der Waals surface area contributed by atoms with Crippen LogP contribution in [0.5, 0.6) is 0 Å². The van der Waals surface area contributed by atoms with Gasteiger partial charge >= 0.3 is 11.9 Å². The summed E-state index contributed by atoms with van der Waals surface area (Å²) in [5, 5.41) is 19.1. The summed E-state index contributed by atoms with van der Waals surface area (Å²) in [5.41, 5.74) is 7.19. The maximum Gasteiger partial charge on any atom is 0.323 e. The zero-order chi connectivity index (χ0) is 19.2. The standard InChI is InChI=1S/C21H21NO4S/c22-21(20(25)26,13-9-12(10-13)19(23)24)11-16-14-5-1-3-7-17(14)27-18-8-4-2-6-15(16)18/h1-8,12-13,16H,9-11,22H2,(H,23,24)(H,25,26)/t12?,13?,21-/m0/s1. The van der Waals surface area contributed by atoms with E-state index in [-0.39, 0.29) is 18.3 Å². The Labute approximate surface area is 161 Å². The minimum Gasteiger partial charge on any atom is -0.481 e. The third kappa shape index (κ3) is 3.03. The number of nitrogens with two attached hydrogens (primary N) is 1. The Morgan fingerprint density at radius 1 is 1.00 bits per heavy atom. The number of carboxylic acids is 2. The molecule has 1 heterocycles. The summed E-state index contributed by atoms with van der Waals surface area (Å²) in [6.45, 7) is 0. The highest BCUT2D eigenvalue weighted by Gasteiger charge is 2.52. The summed E-state index contributed by atoms with van der Waals surface area (Å²) in [4.78, 5) is 25.5. The van der Waals surface area contributed by atoms with E-state index >= 15 is 0 Å². The minimum absolute atomic E-state index is 0.122. The predicted octanol–water partition coefficient (Wildman–Crippen LogP) is 3.57. The number of carbonyl (C=O) groups is 2. The van der Waals surface area contributed by atoms with E-state index in [2.05, 4.69) is 0 Å². The first-order valence-electron chi connectivity index (χ1n) is 9.01. The number of carboxylic acid groups (broad SMARTS) is 2. The zero-order valence-electron chi connectivity index (χ0n) is 14.7. The molecule has 0 unspecified atom stereocenters. The quantitative estimate of drug-likeness (QED) is 0.730. The van der Waals surface area contributed by atoms with Crippen LogP contribution in [0.25, 0.3) is 0 Å². The summed E-state index contributed by atoms with van der Waals surface area (Å²) < 4.78 is 0. The molecule has 2 aromatic carbocycles. The average molecular weight is 383 g/mol. The van der Waals surface area contributed by atoms with Gasteiger partial charge in [-0.3, -0.25) is 9.59 Å². The smallest absolute Gasteiger partial charge is 0.323 e. The van der Waals surface area contributed by atoms with E-state index < -0.39 is 23.4 Å². The zero-order valence-corrected chi connectivity index (χ0v) is 15.5. The van der Waals surface area contributed by atoms with Gasteiger partial charge in [-0.05, 0) is 48.4 Å². The molecule has 0 spiro atoms. The SMILES string of the molecule is N[C@](CC1c2ccccc2Sc2ccccc21)(C(=O)O)C1CC(C(=O)O)C1. The molecule has 0 saturated heterocycles. The van der Waals surface area contributed by atoms with Gasteiger partial charge in [-0.2, -0.15) is 0 Å². The van der Waals surface area contributed by atoms with Crippen LogP contribution in [-0.2, 0) is 9.59 Å². The molecule has 2 aromatic rings. The van der Waals surface area contributed by atoms with E-state index in [0.717, 1.165) is 20.9 Å². The van der Waals surface area contributed by atoms with Crippen molar-refractivity contribution in [2.75, 3.05) is 0 Å². The van der Waals surface area contributed by atoms with Crippen LogP contribution in [0, 0.1) is 11.8 Å². The first kappa shape index (κ1) is 18.1. The van der Waals surface area contributed by atoms with Gasteiger partial charge in [-0.25, -0.2) is 0 Å². The largest absolute Gasteiger partial charge is 0.481 e. The molecule has 27 heavy (non-hydrogen) atoms. The summed E-state index contributed by atoms with van der Waals surface area (Å²) in [7, 11) is 0. The number of hydrogen-bond donors (Lipinski definition) is 3. The topological polar surface area (TPSA) is 101 Å². The lowest BCUT2D eigenvalue weighted by Crippen LogP contribution is -2.59. The fourth-order valence-electron chi connectivity index (χ4n) is 4.24. The van der Waals surface area contributed by atoms with Crippen molar-refractivity contribution in [3.8, 4) is 0 Å². The second-order valence-corrected chi connectivity index (χ2v) is 8.57. The molecular formula is C21H21NO4S. The lowest BCUT2D eigenvalue weighted by Gasteiger charge is -2.45. The molecule has 0 aromatic heterocycles. The Morgan fingerprint density at radius 3 is 2.00 bits per heavy atom. The van der Waals surface area contributed by atoms with Crippen molar-refractivity contribution in [3.05, 3.63) is 59.7 Å². The van der Waals surface area contributed by atoms with Gasteiger partial charge in [0.25, 0.3) is 0 Å². The highest BCUT2D eigenvalue weighted by atomic mass is 32.2. The Kier molecular flexibility index (Phi) is 4.48. The van der Waals surface area contributed by atoms with E-state index in [1.807, 2.05) is 48.5 Å². The van der Waals surface area contributed by atoms with E-state index in [1.54, 1.807) is 11.8 Å². The van der Waals surface area contributed by atoms with Crippen molar-refractivity contribution < 1.29 is 19.8 Å².